The van der Waals surface area contributed by atoms with Crippen LogP contribution >= 0.6 is 15.9 Å². The maximum Gasteiger partial charge on any atom is 0.0933 e. The zero-order chi connectivity index (χ0) is 18.3. The van der Waals surface area contributed by atoms with Crippen molar-refractivity contribution in [2.75, 3.05) is 0 Å². The van der Waals surface area contributed by atoms with Crippen LogP contribution in [0.4, 0.5) is 0 Å². The fraction of sp³-hybridized carbons (Fsp3) is 0.500. The summed E-state index contributed by atoms with van der Waals surface area (Å²) >= 11 is 3.77. The molecule has 4 saturated carbocycles. The molecule has 4 fully saturated rings. The SMILES string of the molecule is Brc1ccccc1CC1C2C[C@@H]3C[C@H](C2)CC1(NOCc1ccccc1)C3. The number of hydrogen-bond donors (Lipinski definition) is 1. The Balaban J connectivity index is 1.36. The number of benzene rings is 2. The highest BCUT2D eigenvalue weighted by Crippen LogP contribution is 2.59. The van der Waals surface area contributed by atoms with E-state index in [0.717, 1.165) is 24.2 Å². The van der Waals surface area contributed by atoms with E-state index in [-0.39, 0.29) is 5.54 Å². The molecule has 3 unspecified atom stereocenters. The first-order valence-corrected chi connectivity index (χ1v) is 11.2. The zero-order valence-electron chi connectivity index (χ0n) is 15.7. The Morgan fingerprint density at radius 2 is 1.63 bits per heavy atom. The Kier molecular flexibility index (Phi) is 4.87. The van der Waals surface area contributed by atoms with Gasteiger partial charge in [0.1, 0.15) is 0 Å². The quantitative estimate of drug-likeness (QED) is 0.580. The fourth-order valence-corrected chi connectivity index (χ4v) is 6.85. The highest BCUT2D eigenvalue weighted by Gasteiger charge is 2.57. The minimum Gasteiger partial charge on any atom is -0.296 e. The van der Waals surface area contributed by atoms with Crippen molar-refractivity contribution in [2.24, 2.45) is 23.7 Å². The molecule has 27 heavy (non-hydrogen) atoms. The third kappa shape index (κ3) is 3.50. The van der Waals surface area contributed by atoms with E-state index in [1.165, 1.54) is 47.7 Å². The summed E-state index contributed by atoms with van der Waals surface area (Å²) in [5, 5.41) is 0. The van der Waals surface area contributed by atoms with Crippen LogP contribution in [-0.2, 0) is 17.9 Å². The number of nitrogens with one attached hydrogen (secondary N) is 1. The molecule has 4 aliphatic rings. The van der Waals surface area contributed by atoms with Crippen LogP contribution in [0.15, 0.2) is 59.1 Å². The van der Waals surface area contributed by atoms with Crippen LogP contribution < -0.4 is 5.48 Å². The van der Waals surface area contributed by atoms with E-state index in [1.807, 2.05) is 0 Å². The average molecular weight is 426 g/mol. The second-order valence-corrected chi connectivity index (χ2v) is 9.90. The molecule has 1 N–H and O–H groups in total. The Morgan fingerprint density at radius 3 is 2.37 bits per heavy atom. The van der Waals surface area contributed by atoms with Crippen LogP contribution in [0, 0.1) is 23.7 Å². The molecule has 0 spiro atoms. The average Bonchev–Trinajstić information content (AvgIpc) is 2.66. The van der Waals surface area contributed by atoms with Crippen molar-refractivity contribution in [3.8, 4) is 0 Å². The van der Waals surface area contributed by atoms with Gasteiger partial charge in [0.2, 0.25) is 0 Å². The van der Waals surface area contributed by atoms with Gasteiger partial charge in [-0.1, -0.05) is 64.5 Å². The van der Waals surface area contributed by atoms with Crippen LogP contribution in [-0.4, -0.2) is 5.54 Å². The molecule has 2 aromatic rings. The molecular weight excluding hydrogens is 398 g/mol. The summed E-state index contributed by atoms with van der Waals surface area (Å²) in [4.78, 5) is 6.14. The number of halogens is 1. The highest BCUT2D eigenvalue weighted by atomic mass is 79.9. The monoisotopic (exact) mass is 425 g/mol. The minimum absolute atomic E-state index is 0.152. The van der Waals surface area contributed by atoms with Crippen molar-refractivity contribution in [3.05, 3.63) is 70.2 Å². The van der Waals surface area contributed by atoms with Gasteiger partial charge in [-0.15, -0.1) is 0 Å². The second-order valence-electron chi connectivity index (χ2n) is 9.04. The molecule has 5 atom stereocenters. The van der Waals surface area contributed by atoms with Gasteiger partial charge in [0, 0.05) is 10.0 Å². The van der Waals surface area contributed by atoms with Crippen LogP contribution in [0.3, 0.4) is 0 Å². The van der Waals surface area contributed by atoms with Crippen molar-refractivity contribution in [2.45, 2.75) is 50.7 Å². The Labute approximate surface area is 170 Å². The van der Waals surface area contributed by atoms with Gasteiger partial charge < -0.3 is 0 Å². The largest absolute Gasteiger partial charge is 0.296 e. The molecule has 0 aliphatic heterocycles. The van der Waals surface area contributed by atoms with E-state index in [4.69, 9.17) is 4.84 Å². The first-order chi connectivity index (χ1) is 13.2. The number of hydrogen-bond acceptors (Lipinski definition) is 2. The van der Waals surface area contributed by atoms with Crippen molar-refractivity contribution >= 4 is 15.9 Å². The predicted molar refractivity (Wildman–Crippen MR) is 112 cm³/mol. The standard InChI is InChI=1S/C24H28BrNO/c25-23-9-5-4-8-20(23)13-22-21-11-18-10-19(12-21)15-24(22,14-18)26-27-16-17-6-2-1-3-7-17/h1-9,18-19,21-22,26H,10-16H2/t18-,19+,21?,22?,24?. The van der Waals surface area contributed by atoms with Gasteiger partial charge >= 0.3 is 0 Å². The lowest BCUT2D eigenvalue weighted by Crippen LogP contribution is -2.64. The molecular formula is C24H28BrNO. The van der Waals surface area contributed by atoms with E-state index in [0.29, 0.717) is 12.5 Å². The summed E-state index contributed by atoms with van der Waals surface area (Å²) in [6, 6.07) is 19.2. The van der Waals surface area contributed by atoms with E-state index >= 15 is 0 Å². The minimum atomic E-state index is 0.152. The Bertz CT molecular complexity index is 778. The molecule has 4 aliphatic carbocycles. The molecule has 0 amide bonds. The Hall–Kier alpha value is -1.16. The van der Waals surface area contributed by atoms with E-state index in [9.17, 15) is 0 Å². The summed E-state index contributed by atoms with van der Waals surface area (Å²) in [5.41, 5.74) is 6.48. The molecule has 0 radical (unpaired) electrons. The first-order valence-electron chi connectivity index (χ1n) is 10.4. The molecule has 0 aromatic heterocycles. The van der Waals surface area contributed by atoms with Crippen LogP contribution in [0.2, 0.25) is 0 Å². The van der Waals surface area contributed by atoms with Crippen LogP contribution in [0.1, 0.15) is 43.2 Å². The van der Waals surface area contributed by atoms with Gasteiger partial charge in [0.15, 0.2) is 0 Å². The van der Waals surface area contributed by atoms with Gasteiger partial charge in [-0.3, -0.25) is 4.84 Å². The summed E-state index contributed by atoms with van der Waals surface area (Å²) in [6.07, 6.45) is 8.00. The van der Waals surface area contributed by atoms with Crippen LogP contribution in [0.5, 0.6) is 0 Å². The van der Waals surface area contributed by atoms with E-state index in [1.54, 1.807) is 0 Å². The molecule has 6 rings (SSSR count). The lowest BCUT2D eigenvalue weighted by molar-refractivity contribution is -0.150. The van der Waals surface area contributed by atoms with Crippen molar-refractivity contribution in [1.29, 1.82) is 0 Å². The lowest BCUT2D eigenvalue weighted by atomic mass is 9.48. The normalized spacial score (nSPS) is 34.1. The lowest BCUT2D eigenvalue weighted by Gasteiger charge is -2.61. The molecule has 142 valence electrons. The molecule has 2 nitrogen and oxygen atoms in total. The van der Waals surface area contributed by atoms with Crippen LogP contribution in [0.25, 0.3) is 0 Å². The van der Waals surface area contributed by atoms with Gasteiger partial charge in [0.25, 0.3) is 0 Å². The third-order valence-electron chi connectivity index (χ3n) is 7.28. The summed E-state index contributed by atoms with van der Waals surface area (Å²) in [7, 11) is 0. The third-order valence-corrected chi connectivity index (χ3v) is 8.05. The van der Waals surface area contributed by atoms with Crippen molar-refractivity contribution < 1.29 is 4.84 Å². The number of rotatable bonds is 6. The predicted octanol–water partition coefficient (Wildman–Crippen LogP) is 5.91. The Morgan fingerprint density at radius 1 is 0.926 bits per heavy atom. The smallest absolute Gasteiger partial charge is 0.0933 e. The first kappa shape index (κ1) is 17.9. The molecule has 0 saturated heterocycles. The van der Waals surface area contributed by atoms with Crippen molar-refractivity contribution in [1.82, 2.24) is 5.48 Å². The zero-order valence-corrected chi connectivity index (χ0v) is 17.3. The fourth-order valence-electron chi connectivity index (χ4n) is 6.41. The van der Waals surface area contributed by atoms with E-state index < -0.39 is 0 Å². The topological polar surface area (TPSA) is 21.3 Å². The van der Waals surface area contributed by atoms with Gasteiger partial charge in [0.05, 0.1) is 6.61 Å². The highest BCUT2D eigenvalue weighted by molar-refractivity contribution is 9.10. The molecule has 2 aromatic carbocycles. The maximum absolute atomic E-state index is 6.14. The maximum atomic E-state index is 6.14. The van der Waals surface area contributed by atoms with Gasteiger partial charge in [-0.2, -0.15) is 5.48 Å². The van der Waals surface area contributed by atoms with Gasteiger partial charge in [-0.05, 0) is 79.4 Å². The summed E-state index contributed by atoms with van der Waals surface area (Å²) < 4.78 is 1.25. The number of hydroxylamine groups is 1. The van der Waals surface area contributed by atoms with Gasteiger partial charge in [-0.25, -0.2) is 0 Å². The summed E-state index contributed by atoms with van der Waals surface area (Å²) in [5.74, 6) is 3.30. The van der Waals surface area contributed by atoms with Crippen molar-refractivity contribution in [3.63, 3.8) is 0 Å². The summed E-state index contributed by atoms with van der Waals surface area (Å²) in [6.45, 7) is 0.643. The molecule has 4 bridgehead atoms. The van der Waals surface area contributed by atoms with E-state index in [2.05, 4.69) is 76.0 Å². The second kappa shape index (κ2) is 7.35. The molecule has 0 heterocycles. The molecule has 3 heteroatoms.